The lowest BCUT2D eigenvalue weighted by Crippen LogP contribution is -2.51. The number of anilines is 1. The number of rotatable bonds is 4. The third kappa shape index (κ3) is 4.09. The van der Waals surface area contributed by atoms with E-state index in [0.29, 0.717) is 32.1 Å². The van der Waals surface area contributed by atoms with E-state index in [0.717, 1.165) is 17.3 Å². The molecule has 0 aromatic carbocycles. The summed E-state index contributed by atoms with van der Waals surface area (Å²) in [6.07, 6.45) is 4.89. The maximum Gasteiger partial charge on any atom is 0.410 e. The summed E-state index contributed by atoms with van der Waals surface area (Å²) in [5.74, 6) is 0.697. The van der Waals surface area contributed by atoms with Gasteiger partial charge in [-0.2, -0.15) is 0 Å². The fourth-order valence-electron chi connectivity index (χ4n) is 2.23. The van der Waals surface area contributed by atoms with Crippen LogP contribution in [0, 0.1) is 0 Å². The molecule has 1 aliphatic heterocycles. The van der Waals surface area contributed by atoms with Crippen molar-refractivity contribution in [2.45, 2.75) is 39.2 Å². The first-order valence-corrected chi connectivity index (χ1v) is 8.47. The van der Waals surface area contributed by atoms with Crippen molar-refractivity contribution in [2.24, 2.45) is 0 Å². The number of amides is 1. The Morgan fingerprint density at radius 1 is 1.23 bits per heavy atom. The predicted octanol–water partition coefficient (Wildman–Crippen LogP) is 3.08. The van der Waals surface area contributed by atoms with Gasteiger partial charge < -0.3 is 14.5 Å². The molecule has 6 nitrogen and oxygen atoms in total. The number of carbonyl (C=O) groups is 1. The van der Waals surface area contributed by atoms with Crippen LogP contribution in [-0.4, -0.2) is 52.7 Å². The van der Waals surface area contributed by atoms with Gasteiger partial charge in [0.1, 0.15) is 5.60 Å². The first kappa shape index (κ1) is 17.0. The van der Waals surface area contributed by atoms with E-state index < -0.39 is 0 Å². The summed E-state index contributed by atoms with van der Waals surface area (Å²) < 4.78 is 6.52. The van der Waals surface area contributed by atoms with E-state index >= 15 is 0 Å². The van der Waals surface area contributed by atoms with Gasteiger partial charge in [-0.25, -0.2) is 14.8 Å². The van der Waals surface area contributed by atoms with Gasteiger partial charge in [-0.1, -0.05) is 13.8 Å². The van der Waals surface area contributed by atoms with Gasteiger partial charge in [0.15, 0.2) is 0 Å². The minimum Gasteiger partial charge on any atom is -0.443 e. The number of nitrogens with zero attached hydrogens (tertiary/aromatic N) is 4. The molecule has 1 amide bonds. The van der Waals surface area contributed by atoms with Crippen LogP contribution in [0.15, 0.2) is 16.9 Å². The lowest BCUT2D eigenvalue weighted by atomic mass is 10.0. The molecule has 0 bridgehead atoms. The summed E-state index contributed by atoms with van der Waals surface area (Å²) in [5.41, 5.74) is -0.372. The molecule has 122 valence electrons. The molecule has 1 aromatic heterocycles. The SMILES string of the molecule is CCC(C)(CC)OC(=O)N1CCN(c2ncc(Br)cn2)CC1. The van der Waals surface area contributed by atoms with Crippen molar-refractivity contribution in [1.29, 1.82) is 0 Å². The highest BCUT2D eigenvalue weighted by molar-refractivity contribution is 9.10. The standard InChI is InChI=1S/C15H23BrN4O2/c1-4-15(3,5-2)22-14(21)20-8-6-19(7-9-20)13-17-10-12(16)11-18-13/h10-11H,4-9H2,1-3H3. The first-order valence-electron chi connectivity index (χ1n) is 7.68. The van der Waals surface area contributed by atoms with Gasteiger partial charge in [0.05, 0.1) is 4.47 Å². The minimum absolute atomic E-state index is 0.220. The van der Waals surface area contributed by atoms with Crippen molar-refractivity contribution in [3.63, 3.8) is 0 Å². The van der Waals surface area contributed by atoms with Crippen LogP contribution < -0.4 is 4.90 Å². The molecule has 1 aliphatic rings. The Hall–Kier alpha value is -1.37. The topological polar surface area (TPSA) is 58.6 Å². The third-order valence-electron chi connectivity index (χ3n) is 4.26. The van der Waals surface area contributed by atoms with E-state index in [1.165, 1.54) is 0 Å². The van der Waals surface area contributed by atoms with Gasteiger partial charge in [0.2, 0.25) is 5.95 Å². The zero-order valence-corrected chi connectivity index (χ0v) is 15.0. The first-order chi connectivity index (χ1) is 10.5. The summed E-state index contributed by atoms with van der Waals surface area (Å²) in [7, 11) is 0. The molecule has 1 saturated heterocycles. The number of piperazine rings is 1. The number of aromatic nitrogens is 2. The molecule has 2 heterocycles. The van der Waals surface area contributed by atoms with Gasteiger partial charge >= 0.3 is 6.09 Å². The van der Waals surface area contributed by atoms with Crippen LogP contribution in [-0.2, 0) is 4.74 Å². The van der Waals surface area contributed by atoms with Crippen LogP contribution in [0.4, 0.5) is 10.7 Å². The second kappa shape index (κ2) is 7.26. The molecule has 0 N–H and O–H groups in total. The molecule has 0 saturated carbocycles. The van der Waals surface area contributed by atoms with Gasteiger partial charge in [0, 0.05) is 38.6 Å². The molecule has 1 fully saturated rings. The Bertz CT molecular complexity index is 497. The molecule has 0 unspecified atom stereocenters. The van der Waals surface area contributed by atoms with Gasteiger partial charge in [0.25, 0.3) is 0 Å². The lowest BCUT2D eigenvalue weighted by Gasteiger charge is -2.36. The number of hydrogen-bond donors (Lipinski definition) is 0. The fraction of sp³-hybridized carbons (Fsp3) is 0.667. The fourth-order valence-corrected chi connectivity index (χ4v) is 2.43. The van der Waals surface area contributed by atoms with E-state index in [-0.39, 0.29) is 11.7 Å². The number of hydrogen-bond acceptors (Lipinski definition) is 5. The van der Waals surface area contributed by atoms with Gasteiger partial charge in [-0.05, 0) is 35.7 Å². The zero-order chi connectivity index (χ0) is 16.2. The Kier molecular flexibility index (Phi) is 5.61. The van der Waals surface area contributed by atoms with Gasteiger partial charge in [-0.3, -0.25) is 0 Å². The van der Waals surface area contributed by atoms with E-state index in [9.17, 15) is 4.79 Å². The smallest absolute Gasteiger partial charge is 0.410 e. The molecular formula is C15H23BrN4O2. The van der Waals surface area contributed by atoms with E-state index in [1.807, 2.05) is 20.8 Å². The summed E-state index contributed by atoms with van der Waals surface area (Å²) in [5, 5.41) is 0. The van der Waals surface area contributed by atoms with Crippen molar-refractivity contribution in [3.8, 4) is 0 Å². The highest BCUT2D eigenvalue weighted by Crippen LogP contribution is 2.21. The van der Waals surface area contributed by atoms with Crippen molar-refractivity contribution >= 4 is 28.0 Å². The highest BCUT2D eigenvalue weighted by Gasteiger charge is 2.29. The Morgan fingerprint density at radius 3 is 2.27 bits per heavy atom. The normalized spacial score (nSPS) is 15.8. The van der Waals surface area contributed by atoms with E-state index in [2.05, 4.69) is 30.8 Å². The molecule has 22 heavy (non-hydrogen) atoms. The monoisotopic (exact) mass is 370 g/mol. The average molecular weight is 371 g/mol. The second-order valence-corrected chi connectivity index (χ2v) is 6.62. The molecule has 0 spiro atoms. The van der Waals surface area contributed by atoms with Gasteiger partial charge in [-0.15, -0.1) is 0 Å². The number of ether oxygens (including phenoxy) is 1. The molecule has 1 aromatic rings. The van der Waals surface area contributed by atoms with Crippen molar-refractivity contribution in [2.75, 3.05) is 31.1 Å². The molecule has 0 atom stereocenters. The second-order valence-electron chi connectivity index (χ2n) is 5.70. The van der Waals surface area contributed by atoms with Crippen molar-refractivity contribution in [3.05, 3.63) is 16.9 Å². The largest absolute Gasteiger partial charge is 0.443 e. The maximum absolute atomic E-state index is 12.3. The maximum atomic E-state index is 12.3. The molecule has 7 heteroatoms. The summed E-state index contributed by atoms with van der Waals surface area (Å²) in [6, 6.07) is 0. The van der Waals surface area contributed by atoms with Crippen LogP contribution in [0.2, 0.25) is 0 Å². The van der Waals surface area contributed by atoms with Crippen LogP contribution >= 0.6 is 15.9 Å². The molecule has 0 aliphatic carbocycles. The Balaban J connectivity index is 1.89. The number of carbonyl (C=O) groups excluding carboxylic acids is 1. The molecule has 2 rings (SSSR count). The van der Waals surface area contributed by atoms with Crippen LogP contribution in [0.25, 0.3) is 0 Å². The molecule has 0 radical (unpaired) electrons. The van der Waals surface area contributed by atoms with Crippen LogP contribution in [0.3, 0.4) is 0 Å². The van der Waals surface area contributed by atoms with Crippen molar-refractivity contribution in [1.82, 2.24) is 14.9 Å². The quantitative estimate of drug-likeness (QED) is 0.814. The summed E-state index contributed by atoms with van der Waals surface area (Å²) >= 11 is 3.33. The average Bonchev–Trinajstić information content (AvgIpc) is 2.55. The Labute approximate surface area is 140 Å². The molecular weight excluding hydrogens is 348 g/mol. The minimum atomic E-state index is -0.372. The van der Waals surface area contributed by atoms with E-state index in [1.54, 1.807) is 17.3 Å². The van der Waals surface area contributed by atoms with Crippen molar-refractivity contribution < 1.29 is 9.53 Å². The lowest BCUT2D eigenvalue weighted by molar-refractivity contribution is -0.00373. The predicted molar refractivity (Wildman–Crippen MR) is 89.0 cm³/mol. The zero-order valence-electron chi connectivity index (χ0n) is 13.4. The summed E-state index contributed by atoms with van der Waals surface area (Å²) in [4.78, 5) is 24.7. The highest BCUT2D eigenvalue weighted by atomic mass is 79.9. The van der Waals surface area contributed by atoms with Crippen LogP contribution in [0.1, 0.15) is 33.6 Å². The van der Waals surface area contributed by atoms with E-state index in [4.69, 9.17) is 4.74 Å². The third-order valence-corrected chi connectivity index (χ3v) is 4.67. The summed E-state index contributed by atoms with van der Waals surface area (Å²) in [6.45, 7) is 8.75. The van der Waals surface area contributed by atoms with Crippen LogP contribution in [0.5, 0.6) is 0 Å². The Morgan fingerprint density at radius 2 is 1.77 bits per heavy atom. The number of halogens is 1.